The molecule has 3 aliphatic rings. The number of hydrogen-bond acceptors (Lipinski definition) is 3. The molecule has 0 radical (unpaired) electrons. The van der Waals surface area contributed by atoms with E-state index >= 15 is 0 Å². The van der Waals surface area contributed by atoms with Gasteiger partial charge in [0.05, 0.1) is 12.6 Å². The lowest BCUT2D eigenvalue weighted by Gasteiger charge is -2.38. The minimum atomic E-state index is -2.99. The molecule has 3 heterocycles. The highest BCUT2D eigenvalue weighted by Gasteiger charge is 2.58. The topological polar surface area (TPSA) is 32.8 Å². The Bertz CT molecular complexity index is 988. The molecule has 0 N–H and O–H groups in total. The van der Waals surface area contributed by atoms with Gasteiger partial charge in [0.15, 0.2) is 5.60 Å². The molecule has 0 unspecified atom stereocenters. The van der Waals surface area contributed by atoms with E-state index < -0.39 is 42.0 Å². The van der Waals surface area contributed by atoms with Gasteiger partial charge < -0.3 is 9.64 Å². The van der Waals surface area contributed by atoms with E-state index in [0.29, 0.717) is 44.3 Å². The van der Waals surface area contributed by atoms with Gasteiger partial charge in [-0.3, -0.25) is 9.69 Å². The molecule has 2 aromatic carbocycles. The van der Waals surface area contributed by atoms with E-state index in [1.165, 1.54) is 24.3 Å². The van der Waals surface area contributed by atoms with Gasteiger partial charge in [0.2, 0.25) is 0 Å². The summed E-state index contributed by atoms with van der Waals surface area (Å²) in [6.07, 6.45) is 1.31. The lowest BCUT2D eigenvalue weighted by atomic mass is 9.89. The van der Waals surface area contributed by atoms with Crippen molar-refractivity contribution in [3.63, 3.8) is 0 Å². The van der Waals surface area contributed by atoms with E-state index in [9.17, 15) is 22.4 Å². The Morgan fingerprint density at radius 1 is 1.00 bits per heavy atom. The summed E-state index contributed by atoms with van der Waals surface area (Å²) in [5.41, 5.74) is -0.661. The number of likely N-dealkylation sites (tertiary alicyclic amines) is 1. The van der Waals surface area contributed by atoms with Crippen LogP contribution >= 0.6 is 0 Å². The summed E-state index contributed by atoms with van der Waals surface area (Å²) in [5, 5.41) is 0. The summed E-state index contributed by atoms with van der Waals surface area (Å²) in [7, 11) is 0. The van der Waals surface area contributed by atoms with Crippen molar-refractivity contribution in [1.82, 2.24) is 9.80 Å². The normalized spacial score (nSPS) is 25.5. The first kappa shape index (κ1) is 21.4. The molecule has 3 saturated heterocycles. The van der Waals surface area contributed by atoms with Gasteiger partial charge >= 0.3 is 0 Å². The van der Waals surface area contributed by atoms with E-state index in [4.69, 9.17) is 4.74 Å². The van der Waals surface area contributed by atoms with E-state index in [0.717, 1.165) is 6.07 Å². The van der Waals surface area contributed by atoms with Crippen LogP contribution in [0.4, 0.5) is 17.6 Å². The summed E-state index contributed by atoms with van der Waals surface area (Å²) >= 11 is 0. The SMILES string of the molecule is O=C1N2[C@@H](c3cc(F)cc(F)c3)CC[C@H]2OC12CCN(CC(F)(F)c1ccccc1)CC2. The lowest BCUT2D eigenvalue weighted by molar-refractivity contribution is -0.144. The number of nitrogens with zero attached hydrogens (tertiary/aromatic N) is 2. The van der Waals surface area contributed by atoms with E-state index in [2.05, 4.69) is 0 Å². The smallest absolute Gasteiger partial charge is 0.285 e. The molecule has 0 bridgehead atoms. The predicted octanol–water partition coefficient (Wildman–Crippen LogP) is 4.61. The van der Waals surface area contributed by atoms with Gasteiger partial charge in [0.25, 0.3) is 11.8 Å². The van der Waals surface area contributed by atoms with Gasteiger partial charge in [-0.15, -0.1) is 0 Å². The lowest BCUT2D eigenvalue weighted by Crippen LogP contribution is -2.52. The summed E-state index contributed by atoms with van der Waals surface area (Å²) in [6.45, 7) is 0.210. The number of fused-ring (bicyclic) bond motifs is 1. The third-order valence-corrected chi connectivity index (χ3v) is 6.87. The summed E-state index contributed by atoms with van der Waals surface area (Å²) < 4.78 is 63.0. The fourth-order valence-corrected chi connectivity index (χ4v) is 5.27. The van der Waals surface area contributed by atoms with Gasteiger partial charge in [-0.05, 0) is 43.4 Å². The Kier molecular flexibility index (Phi) is 5.25. The van der Waals surface area contributed by atoms with Crippen molar-refractivity contribution in [2.75, 3.05) is 19.6 Å². The van der Waals surface area contributed by atoms with Crippen LogP contribution in [0.1, 0.15) is 42.9 Å². The Morgan fingerprint density at radius 3 is 2.31 bits per heavy atom. The predicted molar refractivity (Wildman–Crippen MR) is 109 cm³/mol. The van der Waals surface area contributed by atoms with Crippen LogP contribution in [0.5, 0.6) is 0 Å². The van der Waals surface area contributed by atoms with Crippen LogP contribution in [0.3, 0.4) is 0 Å². The van der Waals surface area contributed by atoms with Crippen LogP contribution < -0.4 is 0 Å². The Balaban J connectivity index is 1.27. The zero-order valence-electron chi connectivity index (χ0n) is 17.4. The largest absolute Gasteiger partial charge is 0.342 e. The molecule has 5 rings (SSSR count). The standard InChI is InChI=1S/C24H24F4N2O2/c25-18-12-16(13-19(26)14-18)20-6-7-21-30(20)22(31)23(32-21)8-10-29(11-9-23)15-24(27,28)17-4-2-1-3-5-17/h1-5,12-14,20-21H,6-11,15H2/t20-,21-/m1/s1. The number of piperidine rings is 1. The highest BCUT2D eigenvalue weighted by molar-refractivity contribution is 5.88. The first-order chi connectivity index (χ1) is 15.3. The molecular formula is C24H24F4N2O2. The summed E-state index contributed by atoms with van der Waals surface area (Å²) in [6, 6.07) is 10.6. The minimum Gasteiger partial charge on any atom is -0.342 e. The zero-order chi connectivity index (χ0) is 22.5. The summed E-state index contributed by atoms with van der Waals surface area (Å²) in [5.74, 6) is -4.56. The monoisotopic (exact) mass is 448 g/mol. The maximum absolute atomic E-state index is 14.7. The molecule has 2 aromatic rings. The second kappa shape index (κ2) is 7.85. The molecule has 1 amide bonds. The van der Waals surface area contributed by atoms with Crippen molar-refractivity contribution in [3.05, 3.63) is 71.3 Å². The summed E-state index contributed by atoms with van der Waals surface area (Å²) in [4.78, 5) is 16.6. The Labute approximate surface area is 183 Å². The molecule has 0 aliphatic carbocycles. The van der Waals surface area contributed by atoms with E-state index in [1.807, 2.05) is 0 Å². The molecule has 4 nitrogen and oxygen atoms in total. The van der Waals surface area contributed by atoms with Crippen molar-refractivity contribution in [1.29, 1.82) is 0 Å². The molecule has 2 atom stereocenters. The number of hydrogen-bond donors (Lipinski definition) is 0. The number of ether oxygens (including phenoxy) is 1. The maximum Gasteiger partial charge on any atom is 0.285 e. The van der Waals surface area contributed by atoms with E-state index in [-0.39, 0.29) is 11.5 Å². The highest BCUT2D eigenvalue weighted by atomic mass is 19.3. The van der Waals surface area contributed by atoms with Crippen molar-refractivity contribution >= 4 is 5.91 Å². The van der Waals surface area contributed by atoms with Crippen molar-refractivity contribution < 1.29 is 27.1 Å². The molecule has 3 fully saturated rings. The van der Waals surface area contributed by atoms with Crippen LogP contribution in [0.2, 0.25) is 0 Å². The van der Waals surface area contributed by atoms with Gasteiger partial charge in [-0.1, -0.05) is 30.3 Å². The number of carbonyl (C=O) groups excluding carboxylic acids is 1. The molecule has 8 heteroatoms. The van der Waals surface area contributed by atoms with Gasteiger partial charge in [-0.25, -0.2) is 8.78 Å². The van der Waals surface area contributed by atoms with Crippen LogP contribution in [0, 0.1) is 11.6 Å². The van der Waals surface area contributed by atoms with Crippen LogP contribution in [-0.4, -0.2) is 47.2 Å². The number of alkyl halides is 2. The Morgan fingerprint density at radius 2 is 1.66 bits per heavy atom. The molecular weight excluding hydrogens is 424 g/mol. The maximum atomic E-state index is 14.7. The molecule has 0 saturated carbocycles. The number of amides is 1. The molecule has 3 aliphatic heterocycles. The molecule has 0 aromatic heterocycles. The van der Waals surface area contributed by atoms with Gasteiger partial charge in [0, 0.05) is 24.7 Å². The average molecular weight is 448 g/mol. The van der Waals surface area contributed by atoms with Crippen LogP contribution in [0.25, 0.3) is 0 Å². The second-order valence-electron chi connectivity index (χ2n) is 8.92. The first-order valence-electron chi connectivity index (χ1n) is 10.9. The number of rotatable bonds is 4. The molecule has 32 heavy (non-hydrogen) atoms. The van der Waals surface area contributed by atoms with Gasteiger partial charge in [-0.2, -0.15) is 8.78 Å². The number of carbonyl (C=O) groups is 1. The average Bonchev–Trinajstić information content (AvgIpc) is 3.28. The molecule has 1 spiro atoms. The quantitative estimate of drug-likeness (QED) is 0.641. The first-order valence-corrected chi connectivity index (χ1v) is 10.9. The fourth-order valence-electron chi connectivity index (χ4n) is 5.27. The van der Waals surface area contributed by atoms with Crippen LogP contribution in [-0.2, 0) is 15.5 Å². The number of benzene rings is 2. The zero-order valence-corrected chi connectivity index (χ0v) is 17.4. The third kappa shape index (κ3) is 3.69. The third-order valence-electron chi connectivity index (χ3n) is 6.87. The van der Waals surface area contributed by atoms with Gasteiger partial charge in [0.1, 0.15) is 17.9 Å². The molecule has 170 valence electrons. The fraction of sp³-hybridized carbons (Fsp3) is 0.458. The second-order valence-corrected chi connectivity index (χ2v) is 8.92. The highest BCUT2D eigenvalue weighted by Crippen LogP contribution is 2.48. The van der Waals surface area contributed by atoms with E-state index in [1.54, 1.807) is 28.0 Å². The Hall–Kier alpha value is -2.45. The minimum absolute atomic E-state index is 0.0284. The van der Waals surface area contributed by atoms with Crippen molar-refractivity contribution in [3.8, 4) is 0 Å². The number of halogens is 4. The van der Waals surface area contributed by atoms with Crippen LogP contribution in [0.15, 0.2) is 48.5 Å². The van der Waals surface area contributed by atoms with Crippen molar-refractivity contribution in [2.45, 2.75) is 49.5 Å². The van der Waals surface area contributed by atoms with Crippen molar-refractivity contribution in [2.24, 2.45) is 0 Å².